The fourth-order valence-electron chi connectivity index (χ4n) is 3.18. The van der Waals surface area contributed by atoms with E-state index in [1.54, 1.807) is 7.05 Å². The van der Waals surface area contributed by atoms with E-state index in [-0.39, 0.29) is 12.6 Å². The van der Waals surface area contributed by atoms with E-state index in [9.17, 15) is 9.59 Å². The molecule has 96 valence electrons. The molecule has 5 heteroatoms. The third kappa shape index (κ3) is 2.53. The molecule has 0 aromatic heterocycles. The summed E-state index contributed by atoms with van der Waals surface area (Å²) in [6.45, 7) is 0.566. The summed E-state index contributed by atoms with van der Waals surface area (Å²) < 4.78 is 0. The molecule has 0 radical (unpaired) electrons. The van der Waals surface area contributed by atoms with E-state index in [1.807, 2.05) is 4.90 Å². The third-order valence-corrected chi connectivity index (χ3v) is 3.94. The van der Waals surface area contributed by atoms with Crippen LogP contribution in [0.5, 0.6) is 0 Å². The lowest BCUT2D eigenvalue weighted by atomic mass is 9.92. The number of hydrogen-bond donors (Lipinski definition) is 1. The van der Waals surface area contributed by atoms with Gasteiger partial charge in [0.25, 0.3) is 0 Å². The van der Waals surface area contributed by atoms with Crippen molar-refractivity contribution in [1.82, 2.24) is 9.80 Å². The first-order chi connectivity index (χ1) is 8.09. The molecule has 1 heterocycles. The Morgan fingerprint density at radius 2 is 2.00 bits per heavy atom. The smallest absolute Gasteiger partial charge is 0.323 e. The Kier molecular flexibility index (Phi) is 3.54. The number of fused-ring (bicyclic) bond motifs is 1. The van der Waals surface area contributed by atoms with Gasteiger partial charge in [0, 0.05) is 19.6 Å². The lowest BCUT2D eigenvalue weighted by molar-refractivity contribution is -0.137. The first-order valence-electron chi connectivity index (χ1n) is 6.33. The second-order valence-electron chi connectivity index (χ2n) is 5.13. The Labute approximate surface area is 101 Å². The van der Waals surface area contributed by atoms with E-state index >= 15 is 0 Å². The molecule has 2 rings (SSSR count). The number of carboxylic acid groups (broad SMARTS) is 1. The molecule has 2 unspecified atom stereocenters. The molecule has 2 atom stereocenters. The van der Waals surface area contributed by atoms with Gasteiger partial charge in [-0.3, -0.25) is 4.79 Å². The summed E-state index contributed by atoms with van der Waals surface area (Å²) in [5.41, 5.74) is 0. The van der Waals surface area contributed by atoms with E-state index in [1.165, 1.54) is 24.2 Å². The molecule has 1 N–H and O–H groups in total. The number of urea groups is 1. The zero-order valence-electron chi connectivity index (χ0n) is 10.3. The molecule has 0 aromatic rings. The van der Waals surface area contributed by atoms with E-state index in [0.29, 0.717) is 12.0 Å². The van der Waals surface area contributed by atoms with Gasteiger partial charge >= 0.3 is 12.0 Å². The van der Waals surface area contributed by atoms with Crippen molar-refractivity contribution in [2.24, 2.45) is 5.92 Å². The van der Waals surface area contributed by atoms with E-state index in [0.717, 1.165) is 19.4 Å². The highest BCUT2D eigenvalue weighted by molar-refractivity contribution is 5.80. The van der Waals surface area contributed by atoms with Gasteiger partial charge in [-0.2, -0.15) is 0 Å². The Bertz CT molecular complexity index is 319. The summed E-state index contributed by atoms with van der Waals surface area (Å²) in [6, 6.07) is 0.233. The average molecular weight is 240 g/mol. The first kappa shape index (κ1) is 12.2. The van der Waals surface area contributed by atoms with Gasteiger partial charge < -0.3 is 14.9 Å². The van der Waals surface area contributed by atoms with Crippen LogP contribution in [0.2, 0.25) is 0 Å². The van der Waals surface area contributed by atoms with Gasteiger partial charge in [-0.15, -0.1) is 0 Å². The Morgan fingerprint density at radius 1 is 1.29 bits per heavy atom. The number of amides is 2. The van der Waals surface area contributed by atoms with Crippen LogP contribution in [0.4, 0.5) is 4.79 Å². The summed E-state index contributed by atoms with van der Waals surface area (Å²) in [6.07, 6.45) is 5.76. The molecule has 2 amide bonds. The predicted octanol–water partition coefficient (Wildman–Crippen LogP) is 1.39. The second-order valence-corrected chi connectivity index (χ2v) is 5.13. The minimum atomic E-state index is -0.958. The summed E-state index contributed by atoms with van der Waals surface area (Å²) in [4.78, 5) is 26.0. The SMILES string of the molecule is CN(CC(=O)O)C(=O)N1CCCC2CCCC21. The lowest BCUT2D eigenvalue weighted by Gasteiger charge is -2.39. The van der Waals surface area contributed by atoms with Gasteiger partial charge in [-0.25, -0.2) is 4.79 Å². The highest BCUT2D eigenvalue weighted by Gasteiger charge is 2.38. The number of piperidine rings is 1. The van der Waals surface area contributed by atoms with E-state index in [4.69, 9.17) is 5.11 Å². The van der Waals surface area contributed by atoms with Crippen LogP contribution in [0.25, 0.3) is 0 Å². The number of carboxylic acids is 1. The summed E-state index contributed by atoms with van der Waals surface area (Å²) in [5.74, 6) is -0.313. The van der Waals surface area contributed by atoms with Crippen LogP contribution in [0.3, 0.4) is 0 Å². The largest absolute Gasteiger partial charge is 0.480 e. The van der Waals surface area contributed by atoms with Gasteiger partial charge in [0.15, 0.2) is 0 Å². The molecule has 1 saturated carbocycles. The van der Waals surface area contributed by atoms with Crippen LogP contribution < -0.4 is 0 Å². The number of aliphatic carboxylic acids is 1. The van der Waals surface area contributed by atoms with Crippen LogP contribution in [0.15, 0.2) is 0 Å². The maximum Gasteiger partial charge on any atom is 0.323 e. The fourth-order valence-corrected chi connectivity index (χ4v) is 3.18. The van der Waals surface area contributed by atoms with Gasteiger partial charge in [0.1, 0.15) is 6.54 Å². The Hall–Kier alpha value is -1.26. The molecular formula is C12H20N2O3. The van der Waals surface area contributed by atoms with Gasteiger partial charge in [-0.1, -0.05) is 6.42 Å². The average Bonchev–Trinajstić information content (AvgIpc) is 2.74. The van der Waals surface area contributed by atoms with Crippen molar-refractivity contribution in [1.29, 1.82) is 0 Å². The molecule has 2 fully saturated rings. The van der Waals surface area contributed by atoms with Crippen molar-refractivity contribution in [3.8, 4) is 0 Å². The summed E-state index contributed by atoms with van der Waals surface area (Å²) in [7, 11) is 1.56. The highest BCUT2D eigenvalue weighted by atomic mass is 16.4. The van der Waals surface area contributed by atoms with E-state index < -0.39 is 5.97 Å². The van der Waals surface area contributed by atoms with Crippen LogP contribution in [0.1, 0.15) is 32.1 Å². The normalized spacial score (nSPS) is 27.7. The topological polar surface area (TPSA) is 60.9 Å². The maximum atomic E-state index is 12.2. The minimum absolute atomic E-state index is 0.121. The standard InChI is InChI=1S/C12H20N2O3/c1-13(8-11(15)16)12(17)14-7-3-5-9-4-2-6-10(9)14/h9-10H,2-8H2,1H3,(H,15,16). The maximum absolute atomic E-state index is 12.2. The number of nitrogens with zero attached hydrogens (tertiary/aromatic N) is 2. The van der Waals surface area contributed by atoms with Crippen molar-refractivity contribution in [2.75, 3.05) is 20.1 Å². The number of rotatable bonds is 2. The zero-order chi connectivity index (χ0) is 12.4. The third-order valence-electron chi connectivity index (χ3n) is 3.94. The van der Waals surface area contributed by atoms with Gasteiger partial charge in [0.2, 0.25) is 0 Å². The van der Waals surface area contributed by atoms with Crippen LogP contribution in [0, 0.1) is 5.92 Å². The molecule has 1 aliphatic heterocycles. The summed E-state index contributed by atoms with van der Waals surface area (Å²) >= 11 is 0. The number of carbonyl (C=O) groups excluding carboxylic acids is 1. The minimum Gasteiger partial charge on any atom is -0.480 e. The molecule has 1 aliphatic carbocycles. The molecular weight excluding hydrogens is 220 g/mol. The number of likely N-dealkylation sites (tertiary alicyclic amines) is 1. The molecule has 17 heavy (non-hydrogen) atoms. The quantitative estimate of drug-likeness (QED) is 0.793. The second kappa shape index (κ2) is 4.94. The molecule has 1 saturated heterocycles. The molecule has 2 aliphatic rings. The molecule has 0 spiro atoms. The van der Waals surface area contributed by atoms with Gasteiger partial charge in [-0.05, 0) is 31.6 Å². The van der Waals surface area contributed by atoms with Gasteiger partial charge in [0.05, 0.1) is 0 Å². The van der Waals surface area contributed by atoms with Crippen molar-refractivity contribution in [3.63, 3.8) is 0 Å². The number of likely N-dealkylation sites (N-methyl/N-ethyl adjacent to an activating group) is 1. The van der Waals surface area contributed by atoms with Crippen LogP contribution >= 0.6 is 0 Å². The predicted molar refractivity (Wildman–Crippen MR) is 62.7 cm³/mol. The molecule has 5 nitrogen and oxygen atoms in total. The van der Waals surface area contributed by atoms with Crippen molar-refractivity contribution >= 4 is 12.0 Å². The monoisotopic (exact) mass is 240 g/mol. The van der Waals surface area contributed by atoms with E-state index in [2.05, 4.69) is 0 Å². The van der Waals surface area contributed by atoms with Crippen LogP contribution in [-0.4, -0.2) is 53.1 Å². The zero-order valence-corrected chi connectivity index (χ0v) is 10.3. The Balaban J connectivity index is 2.00. The molecule has 0 aromatic carbocycles. The fraction of sp³-hybridized carbons (Fsp3) is 0.833. The van der Waals surface area contributed by atoms with Crippen LogP contribution in [-0.2, 0) is 4.79 Å². The van der Waals surface area contributed by atoms with Crippen molar-refractivity contribution < 1.29 is 14.7 Å². The summed E-state index contributed by atoms with van der Waals surface area (Å²) in [5, 5.41) is 8.71. The highest BCUT2D eigenvalue weighted by Crippen LogP contribution is 2.37. The Morgan fingerprint density at radius 3 is 2.71 bits per heavy atom. The van der Waals surface area contributed by atoms with Crippen molar-refractivity contribution in [3.05, 3.63) is 0 Å². The molecule has 0 bridgehead atoms. The lowest BCUT2D eigenvalue weighted by Crippen LogP contribution is -2.51. The number of hydrogen-bond acceptors (Lipinski definition) is 2. The first-order valence-corrected chi connectivity index (χ1v) is 6.33. The number of carbonyl (C=O) groups is 2. The van der Waals surface area contributed by atoms with Crippen molar-refractivity contribution in [2.45, 2.75) is 38.1 Å².